The maximum atomic E-state index is 13.7. The molecule has 1 aromatic heterocycles. The van der Waals surface area contributed by atoms with Crippen LogP contribution in [0.15, 0.2) is 60.7 Å². The Labute approximate surface area is 205 Å². The van der Waals surface area contributed by atoms with Crippen molar-refractivity contribution in [2.75, 3.05) is 0 Å². The molecule has 0 bridgehead atoms. The molecule has 3 aromatic rings. The smallest absolute Gasteiger partial charge is 0.305 e. The highest BCUT2D eigenvalue weighted by atomic mass is 19.1. The van der Waals surface area contributed by atoms with Crippen LogP contribution in [0.1, 0.15) is 57.7 Å². The number of aliphatic carboxylic acids is 1. The van der Waals surface area contributed by atoms with Crippen LogP contribution in [0.3, 0.4) is 0 Å². The number of halogens is 1. The minimum atomic E-state index is -0.903. The van der Waals surface area contributed by atoms with Crippen molar-refractivity contribution in [3.8, 4) is 16.9 Å². The Kier molecular flexibility index (Phi) is 7.19. The standard InChI is InChI=1S/C28H31FN2O4/c1-18(2)26-24(15-14-22-16-23(17-25(32)33)35-28(3,4)34-22)27(19-10-12-20(29)13-11-19)31(30-26)21-8-6-5-7-9-21/h5-15,18,22-23H,16-17H2,1-4H3,(H,32,33)/b15-14+. The number of para-hydroxylation sites is 1. The van der Waals surface area contributed by atoms with Gasteiger partial charge < -0.3 is 14.6 Å². The van der Waals surface area contributed by atoms with E-state index in [0.717, 1.165) is 28.2 Å². The van der Waals surface area contributed by atoms with Gasteiger partial charge in [-0.15, -0.1) is 0 Å². The second kappa shape index (κ2) is 10.1. The number of aromatic nitrogens is 2. The highest BCUT2D eigenvalue weighted by Gasteiger charge is 2.35. The molecule has 2 unspecified atom stereocenters. The lowest BCUT2D eigenvalue weighted by molar-refractivity contribution is -0.290. The number of rotatable bonds is 7. The van der Waals surface area contributed by atoms with Gasteiger partial charge in [-0.25, -0.2) is 9.07 Å². The van der Waals surface area contributed by atoms with Gasteiger partial charge in [-0.3, -0.25) is 4.79 Å². The van der Waals surface area contributed by atoms with E-state index in [0.29, 0.717) is 6.42 Å². The lowest BCUT2D eigenvalue weighted by atomic mass is 9.98. The third-order valence-electron chi connectivity index (χ3n) is 5.88. The third-order valence-corrected chi connectivity index (χ3v) is 5.88. The average molecular weight is 479 g/mol. The fraction of sp³-hybridized carbons (Fsp3) is 0.357. The summed E-state index contributed by atoms with van der Waals surface area (Å²) in [6.45, 7) is 7.75. The molecule has 1 saturated heterocycles. The summed E-state index contributed by atoms with van der Waals surface area (Å²) in [5.74, 6) is -1.98. The van der Waals surface area contributed by atoms with Gasteiger partial charge in [0.15, 0.2) is 5.79 Å². The van der Waals surface area contributed by atoms with Crippen LogP contribution in [-0.2, 0) is 14.3 Å². The minimum Gasteiger partial charge on any atom is -0.481 e. The molecule has 35 heavy (non-hydrogen) atoms. The maximum Gasteiger partial charge on any atom is 0.305 e. The van der Waals surface area contributed by atoms with Gasteiger partial charge >= 0.3 is 5.97 Å². The second-order valence-corrected chi connectivity index (χ2v) is 9.55. The Balaban J connectivity index is 1.80. The fourth-order valence-corrected chi connectivity index (χ4v) is 4.47. The van der Waals surface area contributed by atoms with Crippen LogP contribution >= 0.6 is 0 Å². The Bertz CT molecular complexity index is 1200. The number of hydrogen-bond donors (Lipinski definition) is 1. The van der Waals surface area contributed by atoms with Gasteiger partial charge in [0.1, 0.15) is 5.82 Å². The number of benzene rings is 2. The summed E-state index contributed by atoms with van der Waals surface area (Å²) >= 11 is 0. The zero-order valence-corrected chi connectivity index (χ0v) is 20.4. The molecule has 0 saturated carbocycles. The summed E-state index contributed by atoms with van der Waals surface area (Å²) in [5.41, 5.74) is 4.41. The summed E-state index contributed by atoms with van der Waals surface area (Å²) in [6.07, 6.45) is 3.51. The normalized spacial score (nSPS) is 19.9. The first kappa shape index (κ1) is 24.8. The van der Waals surface area contributed by atoms with Crippen molar-refractivity contribution < 1.29 is 23.8 Å². The van der Waals surface area contributed by atoms with E-state index in [1.807, 2.05) is 47.2 Å². The second-order valence-electron chi connectivity index (χ2n) is 9.55. The Hall–Kier alpha value is -3.29. The van der Waals surface area contributed by atoms with Gasteiger partial charge in [-0.05, 0) is 56.2 Å². The SMILES string of the molecule is CC(C)c1nn(-c2ccccc2)c(-c2ccc(F)cc2)c1/C=C/C1CC(CC(=O)O)OC(C)(C)O1. The minimum absolute atomic E-state index is 0.0822. The maximum absolute atomic E-state index is 13.7. The molecule has 2 atom stereocenters. The van der Waals surface area contributed by atoms with Gasteiger partial charge in [-0.2, -0.15) is 5.10 Å². The highest BCUT2D eigenvalue weighted by molar-refractivity contribution is 5.76. The van der Waals surface area contributed by atoms with Gasteiger partial charge in [0.05, 0.1) is 35.7 Å². The van der Waals surface area contributed by atoms with Crippen LogP contribution < -0.4 is 0 Å². The number of ether oxygens (including phenoxy) is 2. The predicted octanol–water partition coefficient (Wildman–Crippen LogP) is 6.20. The van der Waals surface area contributed by atoms with E-state index in [9.17, 15) is 14.3 Å². The molecule has 1 aliphatic heterocycles. The molecule has 4 rings (SSSR count). The van der Waals surface area contributed by atoms with Crippen LogP contribution in [0.2, 0.25) is 0 Å². The molecule has 1 N–H and O–H groups in total. The lowest BCUT2D eigenvalue weighted by Gasteiger charge is -2.39. The van der Waals surface area contributed by atoms with Crippen molar-refractivity contribution in [2.45, 2.75) is 64.4 Å². The van der Waals surface area contributed by atoms with E-state index in [-0.39, 0.29) is 24.3 Å². The highest BCUT2D eigenvalue weighted by Crippen LogP contribution is 2.35. The van der Waals surface area contributed by atoms with Gasteiger partial charge in [0.2, 0.25) is 0 Å². The number of hydrogen-bond acceptors (Lipinski definition) is 4. The third kappa shape index (κ3) is 5.86. The largest absolute Gasteiger partial charge is 0.481 e. The summed E-state index contributed by atoms with van der Waals surface area (Å²) in [7, 11) is 0. The molecule has 184 valence electrons. The number of carboxylic acids is 1. The summed E-state index contributed by atoms with van der Waals surface area (Å²) in [6, 6.07) is 16.2. The molecule has 2 aromatic carbocycles. The van der Waals surface area contributed by atoms with E-state index in [2.05, 4.69) is 13.8 Å². The molecule has 0 radical (unpaired) electrons. The molecule has 2 heterocycles. The number of carbonyl (C=O) groups is 1. The van der Waals surface area contributed by atoms with E-state index in [1.165, 1.54) is 12.1 Å². The molecule has 0 spiro atoms. The first-order valence-corrected chi connectivity index (χ1v) is 11.8. The first-order valence-electron chi connectivity index (χ1n) is 11.8. The summed E-state index contributed by atoms with van der Waals surface area (Å²) in [4.78, 5) is 11.3. The van der Waals surface area contributed by atoms with Gasteiger partial charge in [0.25, 0.3) is 0 Å². The molecule has 0 aliphatic carbocycles. The predicted molar refractivity (Wildman–Crippen MR) is 133 cm³/mol. The van der Waals surface area contributed by atoms with Crippen molar-refractivity contribution in [1.29, 1.82) is 0 Å². The van der Waals surface area contributed by atoms with Gasteiger partial charge in [-0.1, -0.05) is 44.2 Å². The van der Waals surface area contributed by atoms with Crippen molar-refractivity contribution >= 4 is 12.0 Å². The number of nitrogens with zero attached hydrogens (tertiary/aromatic N) is 2. The van der Waals surface area contributed by atoms with E-state index in [4.69, 9.17) is 14.6 Å². The average Bonchev–Trinajstić information content (AvgIpc) is 3.17. The summed E-state index contributed by atoms with van der Waals surface area (Å²) < 4.78 is 27.5. The van der Waals surface area contributed by atoms with E-state index in [1.54, 1.807) is 26.0 Å². The Morgan fingerprint density at radius 1 is 1.17 bits per heavy atom. The molecular weight excluding hydrogens is 447 g/mol. The zero-order valence-electron chi connectivity index (χ0n) is 20.4. The van der Waals surface area contributed by atoms with E-state index >= 15 is 0 Å². The summed E-state index contributed by atoms with van der Waals surface area (Å²) in [5, 5.41) is 14.2. The van der Waals surface area contributed by atoms with Crippen molar-refractivity contribution in [2.24, 2.45) is 0 Å². The van der Waals surface area contributed by atoms with Crippen LogP contribution in [0.5, 0.6) is 0 Å². The molecule has 1 aliphatic rings. The number of carboxylic acid groups (broad SMARTS) is 1. The molecule has 6 nitrogen and oxygen atoms in total. The molecule has 1 fully saturated rings. The van der Waals surface area contributed by atoms with Crippen LogP contribution in [0, 0.1) is 5.82 Å². The topological polar surface area (TPSA) is 73.6 Å². The molecular formula is C28H31FN2O4. The van der Waals surface area contributed by atoms with Crippen molar-refractivity contribution in [3.05, 3.63) is 77.7 Å². The quantitative estimate of drug-likeness (QED) is 0.438. The van der Waals surface area contributed by atoms with Crippen molar-refractivity contribution in [3.63, 3.8) is 0 Å². The van der Waals surface area contributed by atoms with Crippen LogP contribution in [0.25, 0.3) is 23.0 Å². The lowest BCUT2D eigenvalue weighted by Crippen LogP contribution is -2.44. The Morgan fingerprint density at radius 2 is 1.86 bits per heavy atom. The van der Waals surface area contributed by atoms with Gasteiger partial charge in [0, 0.05) is 17.5 Å². The van der Waals surface area contributed by atoms with Crippen LogP contribution in [0.4, 0.5) is 4.39 Å². The van der Waals surface area contributed by atoms with E-state index < -0.39 is 17.9 Å². The fourth-order valence-electron chi connectivity index (χ4n) is 4.47. The molecule has 0 amide bonds. The zero-order chi connectivity index (χ0) is 25.2. The van der Waals surface area contributed by atoms with Crippen LogP contribution in [-0.4, -0.2) is 38.9 Å². The molecule has 7 heteroatoms. The van der Waals surface area contributed by atoms with Crippen molar-refractivity contribution in [1.82, 2.24) is 9.78 Å². The monoisotopic (exact) mass is 478 g/mol. The Morgan fingerprint density at radius 3 is 2.49 bits per heavy atom. The first-order chi connectivity index (χ1) is 16.6.